The van der Waals surface area contributed by atoms with E-state index in [4.69, 9.17) is 5.73 Å². The molecule has 20 heavy (non-hydrogen) atoms. The van der Waals surface area contributed by atoms with Crippen LogP contribution in [-0.2, 0) is 6.42 Å². The van der Waals surface area contributed by atoms with Crippen molar-refractivity contribution in [3.05, 3.63) is 65.2 Å². The van der Waals surface area contributed by atoms with Crippen LogP contribution >= 0.6 is 0 Å². The third-order valence-electron chi connectivity index (χ3n) is 3.86. The summed E-state index contributed by atoms with van der Waals surface area (Å²) in [5.41, 5.74) is 8.08. The van der Waals surface area contributed by atoms with Gasteiger partial charge in [0.15, 0.2) is 0 Å². The number of hydrogen-bond acceptors (Lipinski definition) is 2. The molecule has 4 heteroatoms. The highest BCUT2D eigenvalue weighted by Crippen LogP contribution is 2.36. The summed E-state index contributed by atoms with van der Waals surface area (Å²) in [6.45, 7) is 0.904. The van der Waals surface area contributed by atoms with E-state index in [1.165, 1.54) is 23.8 Å². The van der Waals surface area contributed by atoms with Gasteiger partial charge in [-0.15, -0.1) is 0 Å². The van der Waals surface area contributed by atoms with Crippen LogP contribution in [0.15, 0.2) is 42.5 Å². The monoisotopic (exact) mass is 274 g/mol. The van der Waals surface area contributed by atoms with E-state index in [0.29, 0.717) is 0 Å². The number of nitrogens with zero attached hydrogens (tertiary/aromatic N) is 1. The summed E-state index contributed by atoms with van der Waals surface area (Å²) in [6.07, 6.45) is 0.878. The number of para-hydroxylation sites is 1. The number of anilines is 1. The number of halogens is 2. The van der Waals surface area contributed by atoms with E-state index in [-0.39, 0.29) is 12.1 Å². The summed E-state index contributed by atoms with van der Waals surface area (Å²) in [5.74, 6) is -1.07. The standard InChI is InChI=1S/C16H16F2N2/c17-12-5-3-6-13(18)16(12)15(10-19)20-9-8-11-4-1-2-7-14(11)20/h1-7,15H,8-10,19H2. The molecule has 2 aromatic carbocycles. The van der Waals surface area contributed by atoms with Gasteiger partial charge in [0.05, 0.1) is 6.04 Å². The number of nitrogens with two attached hydrogens (primary N) is 1. The third kappa shape index (κ3) is 2.06. The molecule has 1 aliphatic heterocycles. The zero-order valence-corrected chi connectivity index (χ0v) is 11.0. The highest BCUT2D eigenvalue weighted by molar-refractivity contribution is 5.59. The Balaban J connectivity index is 2.04. The molecule has 0 aliphatic carbocycles. The van der Waals surface area contributed by atoms with Crippen LogP contribution in [0.1, 0.15) is 17.2 Å². The zero-order valence-electron chi connectivity index (χ0n) is 11.0. The van der Waals surface area contributed by atoms with Crippen LogP contribution < -0.4 is 10.6 Å². The van der Waals surface area contributed by atoms with Gasteiger partial charge in [0.1, 0.15) is 11.6 Å². The van der Waals surface area contributed by atoms with Gasteiger partial charge in [0, 0.05) is 24.3 Å². The molecular formula is C16H16F2N2. The van der Waals surface area contributed by atoms with Gasteiger partial charge in [0.25, 0.3) is 0 Å². The van der Waals surface area contributed by atoms with Crippen LogP contribution in [0.5, 0.6) is 0 Å². The van der Waals surface area contributed by atoms with Gasteiger partial charge >= 0.3 is 0 Å². The Morgan fingerprint density at radius 3 is 2.45 bits per heavy atom. The highest BCUT2D eigenvalue weighted by Gasteiger charge is 2.29. The van der Waals surface area contributed by atoms with Crippen LogP contribution in [0.3, 0.4) is 0 Å². The molecule has 0 radical (unpaired) electrons. The lowest BCUT2D eigenvalue weighted by molar-refractivity contribution is 0.513. The van der Waals surface area contributed by atoms with Gasteiger partial charge in [-0.3, -0.25) is 0 Å². The Morgan fingerprint density at radius 2 is 1.75 bits per heavy atom. The van der Waals surface area contributed by atoms with Gasteiger partial charge in [-0.2, -0.15) is 0 Å². The van der Waals surface area contributed by atoms with E-state index < -0.39 is 17.7 Å². The minimum Gasteiger partial charge on any atom is -0.362 e. The number of benzene rings is 2. The minimum absolute atomic E-state index is 0.0618. The van der Waals surface area contributed by atoms with Gasteiger partial charge in [-0.05, 0) is 30.2 Å². The molecule has 0 bridgehead atoms. The van der Waals surface area contributed by atoms with Gasteiger partial charge in [-0.1, -0.05) is 24.3 Å². The molecule has 104 valence electrons. The van der Waals surface area contributed by atoms with Crippen LogP contribution in [0.4, 0.5) is 14.5 Å². The zero-order chi connectivity index (χ0) is 14.1. The van der Waals surface area contributed by atoms with Crippen molar-refractivity contribution in [1.29, 1.82) is 0 Å². The first-order chi connectivity index (χ1) is 9.72. The van der Waals surface area contributed by atoms with Crippen molar-refractivity contribution in [3.8, 4) is 0 Å². The molecule has 0 spiro atoms. The fourth-order valence-corrected chi connectivity index (χ4v) is 2.92. The SMILES string of the molecule is NCC(c1c(F)cccc1F)N1CCc2ccccc21. The quantitative estimate of drug-likeness (QED) is 0.932. The molecule has 1 heterocycles. The molecule has 0 saturated heterocycles. The fraction of sp³-hybridized carbons (Fsp3) is 0.250. The Morgan fingerprint density at radius 1 is 1.05 bits per heavy atom. The summed E-state index contributed by atoms with van der Waals surface area (Å²) in [5, 5.41) is 0. The Kier molecular flexibility index (Phi) is 3.40. The molecule has 0 aromatic heterocycles. The molecule has 0 fully saturated rings. The molecular weight excluding hydrogens is 258 g/mol. The Labute approximate surface area is 116 Å². The van der Waals surface area contributed by atoms with E-state index in [2.05, 4.69) is 0 Å². The normalized spacial score (nSPS) is 15.2. The van der Waals surface area contributed by atoms with Crippen LogP contribution in [-0.4, -0.2) is 13.1 Å². The average Bonchev–Trinajstić information content (AvgIpc) is 2.87. The van der Waals surface area contributed by atoms with E-state index in [1.54, 1.807) is 0 Å². The summed E-state index contributed by atoms with van der Waals surface area (Å²) >= 11 is 0. The summed E-state index contributed by atoms with van der Waals surface area (Å²) in [6, 6.07) is 11.4. The van der Waals surface area contributed by atoms with Gasteiger partial charge in [0.2, 0.25) is 0 Å². The second-order valence-corrected chi connectivity index (χ2v) is 4.96. The van der Waals surface area contributed by atoms with Crippen molar-refractivity contribution >= 4 is 5.69 Å². The maximum atomic E-state index is 14.0. The smallest absolute Gasteiger partial charge is 0.131 e. The van der Waals surface area contributed by atoms with Crippen molar-refractivity contribution < 1.29 is 8.78 Å². The maximum Gasteiger partial charge on any atom is 0.131 e. The van der Waals surface area contributed by atoms with Crippen molar-refractivity contribution in [2.75, 3.05) is 18.0 Å². The van der Waals surface area contributed by atoms with E-state index in [1.807, 2.05) is 29.2 Å². The third-order valence-corrected chi connectivity index (χ3v) is 3.86. The second kappa shape index (κ2) is 5.21. The van der Waals surface area contributed by atoms with Crippen LogP contribution in [0, 0.1) is 11.6 Å². The summed E-state index contributed by atoms with van der Waals surface area (Å²) in [4.78, 5) is 2.00. The molecule has 1 aliphatic rings. The highest BCUT2D eigenvalue weighted by atomic mass is 19.1. The first-order valence-electron chi connectivity index (χ1n) is 6.71. The van der Waals surface area contributed by atoms with E-state index in [9.17, 15) is 8.78 Å². The summed E-state index contributed by atoms with van der Waals surface area (Å²) in [7, 11) is 0. The van der Waals surface area contributed by atoms with Crippen LogP contribution in [0.25, 0.3) is 0 Å². The predicted molar refractivity (Wildman–Crippen MR) is 75.6 cm³/mol. The van der Waals surface area contributed by atoms with Gasteiger partial charge in [-0.25, -0.2) is 8.78 Å². The van der Waals surface area contributed by atoms with E-state index in [0.717, 1.165) is 18.7 Å². The fourth-order valence-electron chi connectivity index (χ4n) is 2.92. The van der Waals surface area contributed by atoms with Crippen LogP contribution in [0.2, 0.25) is 0 Å². The summed E-state index contributed by atoms with van der Waals surface area (Å²) < 4.78 is 28.0. The lowest BCUT2D eigenvalue weighted by Gasteiger charge is -2.30. The van der Waals surface area contributed by atoms with Crippen molar-refractivity contribution in [2.24, 2.45) is 5.73 Å². The first-order valence-corrected chi connectivity index (χ1v) is 6.71. The molecule has 0 saturated carbocycles. The second-order valence-electron chi connectivity index (χ2n) is 4.96. The van der Waals surface area contributed by atoms with E-state index >= 15 is 0 Å². The Hall–Kier alpha value is -1.94. The molecule has 0 amide bonds. The molecule has 1 unspecified atom stereocenters. The number of rotatable bonds is 3. The Bertz CT molecular complexity index is 607. The van der Waals surface area contributed by atoms with Crippen molar-refractivity contribution in [1.82, 2.24) is 0 Å². The molecule has 1 atom stereocenters. The molecule has 2 aromatic rings. The largest absolute Gasteiger partial charge is 0.362 e. The van der Waals surface area contributed by atoms with Crippen molar-refractivity contribution in [3.63, 3.8) is 0 Å². The molecule has 2 N–H and O–H groups in total. The number of fused-ring (bicyclic) bond motifs is 1. The maximum absolute atomic E-state index is 14.0. The average molecular weight is 274 g/mol. The molecule has 2 nitrogen and oxygen atoms in total. The first kappa shape index (κ1) is 13.1. The predicted octanol–water partition coefficient (Wildman–Crippen LogP) is 3.03. The lowest BCUT2D eigenvalue weighted by atomic mass is 10.0. The topological polar surface area (TPSA) is 29.3 Å². The van der Waals surface area contributed by atoms with Gasteiger partial charge < -0.3 is 10.6 Å². The number of hydrogen-bond donors (Lipinski definition) is 1. The lowest BCUT2D eigenvalue weighted by Crippen LogP contribution is -2.33. The molecule has 3 rings (SSSR count). The minimum atomic E-state index is -0.537. The van der Waals surface area contributed by atoms with Crippen molar-refractivity contribution in [2.45, 2.75) is 12.5 Å².